The van der Waals surface area contributed by atoms with E-state index < -0.39 is 0 Å². The summed E-state index contributed by atoms with van der Waals surface area (Å²) in [7, 11) is 0. The van der Waals surface area contributed by atoms with E-state index in [0.29, 0.717) is 17.5 Å². The van der Waals surface area contributed by atoms with Crippen LogP contribution in [0.3, 0.4) is 0 Å². The second-order valence-electron chi connectivity index (χ2n) is 11.4. The zero-order valence-electron chi connectivity index (χ0n) is 21.9. The van der Waals surface area contributed by atoms with Gasteiger partial charge < -0.3 is 5.01 Å². The molecule has 2 nitrogen and oxygen atoms in total. The van der Waals surface area contributed by atoms with Crippen molar-refractivity contribution in [2.75, 3.05) is 6.54 Å². The maximum atomic E-state index is 6.31. The lowest BCUT2D eigenvalue weighted by atomic mass is 9.77. The summed E-state index contributed by atoms with van der Waals surface area (Å²) in [5, 5.41) is 6.39. The smallest absolute Gasteiger partial charge is 0.0545 e. The van der Waals surface area contributed by atoms with E-state index >= 15 is 0 Å². The highest BCUT2D eigenvalue weighted by Crippen LogP contribution is 2.64. The Morgan fingerprint density at radius 2 is 1.94 bits per heavy atom. The van der Waals surface area contributed by atoms with Gasteiger partial charge in [-0.15, -0.1) is 6.58 Å². The minimum atomic E-state index is 0.374. The van der Waals surface area contributed by atoms with Gasteiger partial charge in [-0.25, -0.2) is 5.01 Å². The third-order valence-electron chi connectivity index (χ3n) is 9.00. The van der Waals surface area contributed by atoms with Gasteiger partial charge >= 0.3 is 0 Å². The lowest BCUT2D eigenvalue weighted by Crippen LogP contribution is -2.52. The van der Waals surface area contributed by atoms with Crippen molar-refractivity contribution >= 4 is 11.6 Å². The Kier molecular flexibility index (Phi) is 8.31. The van der Waals surface area contributed by atoms with Crippen molar-refractivity contribution in [3.63, 3.8) is 0 Å². The molecule has 0 aromatic heterocycles. The molecular formula is C31H45ClN2. The minimum Gasteiger partial charge on any atom is -0.309 e. The SMILES string of the molecule is C=CCCCN(C1=CC=C(C)CC1)N(C1CC(C)C2(C)CC2C1)C(CCC)c1ccc(Cl)cc1. The number of benzene rings is 1. The average molecular weight is 481 g/mol. The van der Waals surface area contributed by atoms with Gasteiger partial charge in [-0.2, -0.15) is 0 Å². The van der Waals surface area contributed by atoms with Crippen molar-refractivity contribution in [1.29, 1.82) is 0 Å². The first-order chi connectivity index (χ1) is 16.4. The monoisotopic (exact) mass is 480 g/mol. The number of hydrogen-bond acceptors (Lipinski definition) is 2. The molecule has 0 bridgehead atoms. The van der Waals surface area contributed by atoms with Gasteiger partial charge in [-0.1, -0.05) is 68.7 Å². The highest BCUT2D eigenvalue weighted by molar-refractivity contribution is 6.30. The van der Waals surface area contributed by atoms with Crippen LogP contribution in [-0.4, -0.2) is 22.6 Å². The summed E-state index contributed by atoms with van der Waals surface area (Å²) in [6.07, 6.45) is 17.7. The third kappa shape index (κ3) is 5.49. The summed E-state index contributed by atoms with van der Waals surface area (Å²) in [5.41, 5.74) is 4.96. The second-order valence-corrected chi connectivity index (χ2v) is 11.8. The van der Waals surface area contributed by atoms with Crippen molar-refractivity contribution < 1.29 is 0 Å². The molecule has 0 aliphatic heterocycles. The van der Waals surface area contributed by atoms with Crippen LogP contribution >= 0.6 is 11.6 Å². The summed E-state index contributed by atoms with van der Waals surface area (Å²) in [5.74, 6) is 1.66. The number of fused-ring (bicyclic) bond motifs is 1. The predicted octanol–water partition coefficient (Wildman–Crippen LogP) is 9.12. The highest BCUT2D eigenvalue weighted by atomic mass is 35.5. The van der Waals surface area contributed by atoms with Crippen LogP contribution in [0.25, 0.3) is 0 Å². The number of hydrogen-bond donors (Lipinski definition) is 0. The molecule has 1 aromatic rings. The fourth-order valence-corrected chi connectivity index (χ4v) is 6.64. The van der Waals surface area contributed by atoms with Crippen LogP contribution in [0.4, 0.5) is 0 Å². The molecule has 34 heavy (non-hydrogen) atoms. The molecule has 0 heterocycles. The molecule has 0 spiro atoms. The van der Waals surface area contributed by atoms with Gasteiger partial charge in [0.1, 0.15) is 0 Å². The molecule has 3 heteroatoms. The van der Waals surface area contributed by atoms with Crippen molar-refractivity contribution in [2.24, 2.45) is 17.3 Å². The minimum absolute atomic E-state index is 0.374. The van der Waals surface area contributed by atoms with E-state index in [1.807, 2.05) is 0 Å². The van der Waals surface area contributed by atoms with Crippen molar-refractivity contribution in [3.8, 4) is 0 Å². The van der Waals surface area contributed by atoms with Gasteiger partial charge in [-0.05, 0) is 99.3 Å². The van der Waals surface area contributed by atoms with Gasteiger partial charge in [0.25, 0.3) is 0 Å². The zero-order valence-corrected chi connectivity index (χ0v) is 22.7. The van der Waals surface area contributed by atoms with E-state index in [0.717, 1.165) is 49.1 Å². The third-order valence-corrected chi connectivity index (χ3v) is 9.25. The average Bonchev–Trinajstić information content (AvgIpc) is 3.51. The van der Waals surface area contributed by atoms with Gasteiger partial charge in [0.05, 0.1) is 6.04 Å². The molecule has 5 unspecified atom stereocenters. The van der Waals surface area contributed by atoms with Crippen molar-refractivity contribution in [1.82, 2.24) is 10.0 Å². The molecule has 2 saturated carbocycles. The number of halogens is 1. The standard InChI is InChI=1S/C31H45ClN2/c1-6-8-9-19-33(28-17-11-23(3)12-18-28)34(29-20-24(4)31(5)22-26(31)21-29)30(10-7-2)25-13-15-27(32)16-14-25/h6,11,13-17,24,26,29-30H,1,7-10,12,18-22H2,2-5H3. The molecule has 0 N–H and O–H groups in total. The van der Waals surface area contributed by atoms with Crippen LogP contribution in [0.15, 0.2) is 60.3 Å². The summed E-state index contributed by atoms with van der Waals surface area (Å²) in [6.45, 7) is 14.7. The number of nitrogens with zero attached hydrogens (tertiary/aromatic N) is 2. The molecule has 0 saturated heterocycles. The Bertz CT molecular complexity index is 901. The number of rotatable bonds is 11. The van der Waals surface area contributed by atoms with Crippen molar-refractivity contribution in [3.05, 3.63) is 70.9 Å². The van der Waals surface area contributed by atoms with Gasteiger partial charge in [0.15, 0.2) is 0 Å². The quantitative estimate of drug-likeness (QED) is 0.177. The largest absolute Gasteiger partial charge is 0.309 e. The van der Waals surface area contributed by atoms with E-state index in [-0.39, 0.29) is 0 Å². The fraction of sp³-hybridized carbons (Fsp3) is 0.613. The van der Waals surface area contributed by atoms with Crippen LogP contribution in [0.2, 0.25) is 5.02 Å². The number of hydrazine groups is 1. The second kappa shape index (κ2) is 11.0. The maximum absolute atomic E-state index is 6.31. The van der Waals surface area contributed by atoms with Crippen LogP contribution in [0.5, 0.6) is 0 Å². The normalized spacial score (nSPS) is 29.2. The van der Waals surface area contributed by atoms with E-state index in [2.05, 4.69) is 86.8 Å². The molecule has 2 fully saturated rings. The van der Waals surface area contributed by atoms with Gasteiger partial charge in [0.2, 0.25) is 0 Å². The number of unbranched alkanes of at least 4 members (excludes halogenated alkanes) is 1. The molecule has 0 radical (unpaired) electrons. The topological polar surface area (TPSA) is 6.48 Å². The zero-order chi connectivity index (χ0) is 24.3. The summed E-state index contributed by atoms with van der Waals surface area (Å²) >= 11 is 6.31. The Morgan fingerprint density at radius 1 is 1.18 bits per heavy atom. The van der Waals surface area contributed by atoms with Crippen LogP contribution in [-0.2, 0) is 0 Å². The molecule has 4 rings (SSSR count). The molecule has 1 aromatic carbocycles. The molecule has 186 valence electrons. The van der Waals surface area contributed by atoms with Gasteiger partial charge in [-0.3, -0.25) is 0 Å². The van der Waals surface area contributed by atoms with Crippen LogP contribution < -0.4 is 0 Å². The van der Waals surface area contributed by atoms with Crippen molar-refractivity contribution in [2.45, 2.75) is 97.6 Å². The predicted molar refractivity (Wildman–Crippen MR) is 147 cm³/mol. The molecule has 5 atom stereocenters. The first-order valence-electron chi connectivity index (χ1n) is 13.7. The fourth-order valence-electron chi connectivity index (χ4n) is 6.51. The first-order valence-corrected chi connectivity index (χ1v) is 14.0. The molecular weight excluding hydrogens is 436 g/mol. The van der Waals surface area contributed by atoms with E-state index in [1.165, 1.54) is 48.9 Å². The number of allylic oxidation sites excluding steroid dienone is 5. The lowest BCUT2D eigenvalue weighted by molar-refractivity contribution is -0.0965. The Labute approximate surface area is 213 Å². The summed E-state index contributed by atoms with van der Waals surface area (Å²) in [6, 6.07) is 9.65. The lowest BCUT2D eigenvalue weighted by Gasteiger charge is -2.50. The van der Waals surface area contributed by atoms with E-state index in [1.54, 1.807) is 0 Å². The highest BCUT2D eigenvalue weighted by Gasteiger charge is 2.58. The maximum Gasteiger partial charge on any atom is 0.0545 e. The van der Waals surface area contributed by atoms with Crippen LogP contribution in [0.1, 0.15) is 97.1 Å². The summed E-state index contributed by atoms with van der Waals surface area (Å²) < 4.78 is 0. The van der Waals surface area contributed by atoms with Crippen LogP contribution in [0, 0.1) is 17.3 Å². The molecule has 3 aliphatic carbocycles. The Balaban J connectivity index is 1.74. The van der Waals surface area contributed by atoms with E-state index in [4.69, 9.17) is 11.6 Å². The molecule has 3 aliphatic rings. The Morgan fingerprint density at radius 3 is 2.56 bits per heavy atom. The Hall–Kier alpha value is -1.51. The van der Waals surface area contributed by atoms with E-state index in [9.17, 15) is 0 Å². The summed E-state index contributed by atoms with van der Waals surface area (Å²) in [4.78, 5) is 0. The first kappa shape index (κ1) is 25.6. The van der Waals surface area contributed by atoms with Gasteiger partial charge in [0, 0.05) is 23.3 Å². The molecule has 0 amide bonds.